The Labute approximate surface area is 188 Å². The van der Waals surface area contributed by atoms with Crippen LogP contribution in [-0.2, 0) is 0 Å². The van der Waals surface area contributed by atoms with Crippen molar-refractivity contribution in [1.82, 2.24) is 5.43 Å². The Kier molecular flexibility index (Phi) is 6.58. The van der Waals surface area contributed by atoms with E-state index in [0.29, 0.717) is 16.0 Å². The molecule has 0 aliphatic carbocycles. The van der Waals surface area contributed by atoms with Gasteiger partial charge in [0.25, 0.3) is 5.91 Å². The molecule has 0 aliphatic heterocycles. The molecule has 2 aromatic carbocycles. The van der Waals surface area contributed by atoms with E-state index in [1.807, 2.05) is 0 Å². The predicted molar refractivity (Wildman–Crippen MR) is 116 cm³/mol. The Bertz CT molecular complexity index is 1240. The number of aromatic hydroxyl groups is 1. The van der Waals surface area contributed by atoms with E-state index < -0.39 is 24.0 Å². The molecule has 0 aliphatic rings. The number of rotatable bonds is 6. The van der Waals surface area contributed by atoms with Gasteiger partial charge in [0.2, 0.25) is 0 Å². The van der Waals surface area contributed by atoms with Gasteiger partial charge < -0.3 is 20.7 Å². The molecule has 0 unspecified atom stereocenters. The number of aromatic carboxylic acids is 1. The van der Waals surface area contributed by atoms with Crippen LogP contribution in [-0.4, -0.2) is 34.2 Å². The van der Waals surface area contributed by atoms with Gasteiger partial charge in [0.15, 0.2) is 0 Å². The Morgan fingerprint density at radius 2 is 1.79 bits per heavy atom. The number of hydrogen-bond acceptors (Lipinski definition) is 7. The summed E-state index contributed by atoms with van der Waals surface area (Å²) in [6.07, 6.45) is -4.80. The normalized spacial score (nSPS) is 11.8. The third-order valence-electron chi connectivity index (χ3n) is 4.37. The number of alkyl halides is 3. The first-order chi connectivity index (χ1) is 15.5. The van der Waals surface area contributed by atoms with Crippen LogP contribution in [0.2, 0.25) is 0 Å². The van der Waals surface area contributed by atoms with E-state index in [-0.39, 0.29) is 28.3 Å². The van der Waals surface area contributed by atoms with Gasteiger partial charge in [-0.15, -0.1) is 24.5 Å². The van der Waals surface area contributed by atoms with Gasteiger partial charge in [0.1, 0.15) is 11.5 Å². The average molecular weight is 479 g/mol. The van der Waals surface area contributed by atoms with Crippen LogP contribution in [0.3, 0.4) is 0 Å². The van der Waals surface area contributed by atoms with Gasteiger partial charge in [-0.25, -0.2) is 10.2 Å². The largest absolute Gasteiger partial charge is 0.573 e. The molecular formula is C21H16F3N3O5S. The van der Waals surface area contributed by atoms with Gasteiger partial charge in [0, 0.05) is 11.1 Å². The first kappa shape index (κ1) is 23.6. The molecule has 3 rings (SSSR count). The van der Waals surface area contributed by atoms with E-state index in [2.05, 4.69) is 15.3 Å². The third-order valence-corrected chi connectivity index (χ3v) is 5.39. The number of ether oxygens (including phenoxy) is 1. The van der Waals surface area contributed by atoms with E-state index in [4.69, 9.17) is 10.8 Å². The molecule has 0 radical (unpaired) electrons. The van der Waals surface area contributed by atoms with E-state index in [1.54, 1.807) is 5.38 Å². The van der Waals surface area contributed by atoms with Crippen LogP contribution in [0.4, 0.5) is 18.9 Å². The van der Waals surface area contributed by atoms with Crippen LogP contribution < -0.4 is 15.9 Å². The summed E-state index contributed by atoms with van der Waals surface area (Å²) in [5.74, 6) is -2.42. The number of nitrogens with one attached hydrogen (secondary N) is 1. The van der Waals surface area contributed by atoms with Crippen molar-refractivity contribution < 1.29 is 37.7 Å². The van der Waals surface area contributed by atoms with E-state index in [9.17, 15) is 27.9 Å². The van der Waals surface area contributed by atoms with Gasteiger partial charge in [-0.2, -0.15) is 5.10 Å². The lowest BCUT2D eigenvalue weighted by Gasteiger charge is -2.09. The Morgan fingerprint density at radius 1 is 1.12 bits per heavy atom. The summed E-state index contributed by atoms with van der Waals surface area (Å²) < 4.78 is 40.7. The maximum atomic E-state index is 12.3. The van der Waals surface area contributed by atoms with Crippen molar-refractivity contribution in [3.63, 3.8) is 0 Å². The fraction of sp³-hybridized carbons (Fsp3) is 0.0952. The zero-order valence-electron chi connectivity index (χ0n) is 16.8. The number of hydrazone groups is 1. The number of carbonyl (C=O) groups excluding carboxylic acids is 1. The molecule has 3 aromatic rings. The zero-order valence-corrected chi connectivity index (χ0v) is 17.6. The molecule has 12 heteroatoms. The molecule has 0 atom stereocenters. The van der Waals surface area contributed by atoms with E-state index >= 15 is 0 Å². The van der Waals surface area contributed by atoms with Gasteiger partial charge in [-0.05, 0) is 55.0 Å². The molecule has 0 bridgehead atoms. The average Bonchev–Trinajstić information content (AvgIpc) is 3.12. The van der Waals surface area contributed by atoms with Gasteiger partial charge >= 0.3 is 12.3 Å². The quantitative estimate of drug-likeness (QED) is 0.234. The van der Waals surface area contributed by atoms with Crippen molar-refractivity contribution in [2.45, 2.75) is 13.3 Å². The van der Waals surface area contributed by atoms with Crippen molar-refractivity contribution in [3.05, 3.63) is 64.5 Å². The molecule has 0 saturated carbocycles. The van der Waals surface area contributed by atoms with Crippen LogP contribution in [0, 0.1) is 0 Å². The molecule has 1 amide bonds. The lowest BCUT2D eigenvalue weighted by molar-refractivity contribution is -0.274. The fourth-order valence-corrected chi connectivity index (χ4v) is 3.79. The summed E-state index contributed by atoms with van der Waals surface area (Å²) in [6.45, 7) is 1.53. The van der Waals surface area contributed by atoms with Crippen LogP contribution in [0.5, 0.6) is 11.5 Å². The number of nitrogens with two attached hydrogens (primary N) is 1. The first-order valence-corrected chi connectivity index (χ1v) is 9.98. The molecule has 0 spiro atoms. The van der Waals surface area contributed by atoms with Gasteiger partial charge in [-0.3, -0.25) is 4.79 Å². The molecule has 5 N–H and O–H groups in total. The van der Waals surface area contributed by atoms with Crippen LogP contribution >= 0.6 is 11.3 Å². The van der Waals surface area contributed by atoms with Crippen molar-refractivity contribution in [3.8, 4) is 21.9 Å². The number of carboxylic acid groups (broad SMARTS) is 1. The number of hydrogen-bond donors (Lipinski definition) is 4. The minimum atomic E-state index is -4.80. The van der Waals surface area contributed by atoms with Gasteiger partial charge in [0.05, 0.1) is 27.3 Å². The van der Waals surface area contributed by atoms with Crippen molar-refractivity contribution in [2.24, 2.45) is 5.10 Å². The molecular weight excluding hydrogens is 463 g/mol. The number of benzene rings is 2. The Hall–Kier alpha value is -4.06. The minimum Gasteiger partial charge on any atom is -0.506 e. The molecule has 33 heavy (non-hydrogen) atoms. The summed E-state index contributed by atoms with van der Waals surface area (Å²) in [4.78, 5) is 23.7. The monoisotopic (exact) mass is 479 g/mol. The van der Waals surface area contributed by atoms with E-state index in [0.717, 1.165) is 29.5 Å². The summed E-state index contributed by atoms with van der Waals surface area (Å²) in [6, 6.07) is 8.63. The Morgan fingerprint density at radius 3 is 2.36 bits per heavy atom. The van der Waals surface area contributed by atoms with Crippen molar-refractivity contribution >= 4 is 34.6 Å². The SMILES string of the molecule is C/C(=N\NC(=O)c1ccc(C(=O)O)cc1N)c1csc(-c2ccc(OC(F)(F)F)cc2)c1O. The number of nitrogen functional groups attached to an aromatic ring is 1. The number of carbonyl (C=O) groups is 2. The second-order valence-corrected chi connectivity index (χ2v) is 7.52. The molecule has 0 fully saturated rings. The highest BCUT2D eigenvalue weighted by Crippen LogP contribution is 2.39. The molecule has 1 aromatic heterocycles. The van der Waals surface area contributed by atoms with Crippen molar-refractivity contribution in [2.75, 3.05) is 5.73 Å². The number of nitrogens with zero attached hydrogens (tertiary/aromatic N) is 1. The highest BCUT2D eigenvalue weighted by molar-refractivity contribution is 7.14. The van der Waals surface area contributed by atoms with Crippen LogP contribution in [0.25, 0.3) is 10.4 Å². The Balaban J connectivity index is 1.75. The van der Waals surface area contributed by atoms with Crippen molar-refractivity contribution in [1.29, 1.82) is 0 Å². The lowest BCUT2D eigenvalue weighted by atomic mass is 10.1. The summed E-state index contributed by atoms with van der Waals surface area (Å²) in [5.41, 5.74) is 8.94. The summed E-state index contributed by atoms with van der Waals surface area (Å²) >= 11 is 1.13. The lowest BCUT2D eigenvalue weighted by Crippen LogP contribution is -2.20. The second-order valence-electron chi connectivity index (χ2n) is 6.64. The molecule has 172 valence electrons. The highest BCUT2D eigenvalue weighted by atomic mass is 32.1. The third kappa shape index (κ3) is 5.60. The smallest absolute Gasteiger partial charge is 0.506 e. The standard InChI is InChI=1S/C21H16F3N3O5S/c1-10(26-27-19(29)14-7-4-12(20(30)31)8-16(14)25)15-9-33-18(17(15)28)11-2-5-13(6-3-11)32-21(22,23)24/h2-9,28H,25H2,1H3,(H,27,29)(H,30,31)/b26-10+. The van der Waals surface area contributed by atoms with Gasteiger partial charge in [-0.1, -0.05) is 0 Å². The number of halogens is 3. The second kappa shape index (κ2) is 9.20. The fourth-order valence-electron chi connectivity index (χ4n) is 2.78. The maximum absolute atomic E-state index is 12.3. The first-order valence-electron chi connectivity index (χ1n) is 9.10. The number of carboxylic acids is 1. The van der Waals surface area contributed by atoms with Crippen LogP contribution in [0.1, 0.15) is 33.2 Å². The molecule has 0 saturated heterocycles. The minimum absolute atomic E-state index is 0.0212. The molecule has 1 heterocycles. The maximum Gasteiger partial charge on any atom is 0.573 e. The number of anilines is 1. The molecule has 8 nitrogen and oxygen atoms in total. The number of amides is 1. The summed E-state index contributed by atoms with van der Waals surface area (Å²) in [7, 11) is 0. The van der Waals surface area contributed by atoms with Crippen LogP contribution in [0.15, 0.2) is 52.9 Å². The highest BCUT2D eigenvalue weighted by Gasteiger charge is 2.31. The van der Waals surface area contributed by atoms with E-state index in [1.165, 1.54) is 31.2 Å². The summed E-state index contributed by atoms with van der Waals surface area (Å²) in [5, 5.41) is 25.0. The predicted octanol–water partition coefficient (Wildman–Crippen LogP) is 4.45. The topological polar surface area (TPSA) is 134 Å². The zero-order chi connectivity index (χ0) is 24.3. The number of thiophene rings is 1.